The Morgan fingerprint density at radius 1 is 1.14 bits per heavy atom. The molecular formula is C20H19FN2O4S2. The number of anilines is 2. The number of ether oxygens (including phenoxy) is 1. The van der Waals surface area contributed by atoms with E-state index in [0.717, 1.165) is 15.6 Å². The highest BCUT2D eigenvalue weighted by atomic mass is 32.2. The lowest BCUT2D eigenvalue weighted by Gasteiger charge is -2.20. The Morgan fingerprint density at radius 2 is 1.83 bits per heavy atom. The third-order valence-electron chi connectivity index (χ3n) is 4.34. The monoisotopic (exact) mass is 434 g/mol. The van der Waals surface area contributed by atoms with E-state index >= 15 is 0 Å². The number of carbonyl (C=O) groups is 1. The lowest BCUT2D eigenvalue weighted by atomic mass is 10.2. The first-order valence-electron chi connectivity index (χ1n) is 8.52. The number of aryl methyl sites for hydroxylation is 1. The number of rotatable bonds is 6. The zero-order chi connectivity index (χ0) is 21.2. The van der Waals surface area contributed by atoms with Crippen LogP contribution in [0.2, 0.25) is 0 Å². The lowest BCUT2D eigenvalue weighted by molar-refractivity contribution is 0.102. The van der Waals surface area contributed by atoms with E-state index in [1.807, 2.05) is 0 Å². The van der Waals surface area contributed by atoms with Gasteiger partial charge in [0.05, 0.1) is 12.8 Å². The number of carbonyl (C=O) groups excluding carboxylic acids is 1. The lowest BCUT2D eigenvalue weighted by Crippen LogP contribution is -2.28. The van der Waals surface area contributed by atoms with E-state index in [4.69, 9.17) is 4.74 Å². The second kappa shape index (κ2) is 8.22. The molecule has 152 valence electrons. The van der Waals surface area contributed by atoms with Crippen molar-refractivity contribution in [3.63, 3.8) is 0 Å². The molecule has 3 aromatic rings. The maximum Gasteiger partial charge on any atom is 0.267 e. The first-order valence-corrected chi connectivity index (χ1v) is 10.8. The minimum atomic E-state index is -3.98. The summed E-state index contributed by atoms with van der Waals surface area (Å²) in [6.45, 7) is 1.61. The van der Waals surface area contributed by atoms with Crippen molar-refractivity contribution in [2.75, 3.05) is 23.8 Å². The third kappa shape index (κ3) is 4.25. The van der Waals surface area contributed by atoms with Crippen LogP contribution in [-0.2, 0) is 10.0 Å². The molecule has 0 saturated carbocycles. The SMILES string of the molecule is COc1ccc(N(C)S(=O)(=O)c2ccsc2C(=O)Nc2ccc(C)c(F)c2)cc1. The average molecular weight is 435 g/mol. The summed E-state index contributed by atoms with van der Waals surface area (Å²) >= 11 is 0.998. The molecule has 0 radical (unpaired) electrons. The molecule has 0 aliphatic carbocycles. The highest BCUT2D eigenvalue weighted by Gasteiger charge is 2.28. The van der Waals surface area contributed by atoms with Gasteiger partial charge in [-0.2, -0.15) is 0 Å². The van der Waals surface area contributed by atoms with Gasteiger partial charge in [-0.05, 0) is 60.3 Å². The molecule has 0 fully saturated rings. The summed E-state index contributed by atoms with van der Waals surface area (Å²) in [5.74, 6) is -0.480. The third-order valence-corrected chi connectivity index (χ3v) is 7.21. The van der Waals surface area contributed by atoms with Crippen molar-refractivity contribution in [2.45, 2.75) is 11.8 Å². The molecular weight excluding hydrogens is 415 g/mol. The summed E-state index contributed by atoms with van der Waals surface area (Å²) in [7, 11) is -1.06. The largest absolute Gasteiger partial charge is 0.497 e. The van der Waals surface area contributed by atoms with Gasteiger partial charge in [-0.25, -0.2) is 12.8 Å². The maximum atomic E-state index is 13.7. The van der Waals surface area contributed by atoms with Crippen molar-refractivity contribution in [1.29, 1.82) is 0 Å². The topological polar surface area (TPSA) is 75.7 Å². The number of nitrogens with zero attached hydrogens (tertiary/aromatic N) is 1. The second-order valence-corrected chi connectivity index (χ2v) is 9.06. The first kappa shape index (κ1) is 20.8. The van der Waals surface area contributed by atoms with E-state index in [1.54, 1.807) is 37.3 Å². The number of sulfonamides is 1. The van der Waals surface area contributed by atoms with Gasteiger partial charge >= 0.3 is 0 Å². The Hall–Kier alpha value is -2.91. The molecule has 29 heavy (non-hydrogen) atoms. The van der Waals surface area contributed by atoms with Crippen molar-refractivity contribution in [3.05, 3.63) is 70.2 Å². The zero-order valence-electron chi connectivity index (χ0n) is 16.0. The van der Waals surface area contributed by atoms with E-state index in [-0.39, 0.29) is 15.5 Å². The molecule has 9 heteroatoms. The van der Waals surface area contributed by atoms with Crippen LogP contribution in [0.5, 0.6) is 5.75 Å². The Bertz CT molecular complexity index is 1140. The predicted octanol–water partition coefficient (Wildman–Crippen LogP) is 4.28. The summed E-state index contributed by atoms with van der Waals surface area (Å²) in [6, 6.07) is 12.2. The molecule has 0 atom stereocenters. The zero-order valence-corrected chi connectivity index (χ0v) is 17.6. The van der Waals surface area contributed by atoms with Crippen molar-refractivity contribution in [2.24, 2.45) is 0 Å². The number of halogens is 1. The number of methoxy groups -OCH3 is 1. The van der Waals surface area contributed by atoms with Crippen LogP contribution < -0.4 is 14.4 Å². The summed E-state index contributed by atoms with van der Waals surface area (Å²) in [4.78, 5) is 12.6. The molecule has 0 saturated heterocycles. The van der Waals surface area contributed by atoms with Crippen molar-refractivity contribution < 1.29 is 22.3 Å². The molecule has 3 rings (SSSR count). The quantitative estimate of drug-likeness (QED) is 0.628. The van der Waals surface area contributed by atoms with Crippen LogP contribution >= 0.6 is 11.3 Å². The standard InChI is InChI=1S/C20H19FN2O4S2/c1-13-4-5-14(12-17(13)21)22-20(24)19-18(10-11-28-19)29(25,26)23(2)15-6-8-16(27-3)9-7-15/h4-12H,1-3H3,(H,22,24). The van der Waals surface area contributed by atoms with Gasteiger partial charge in [0.2, 0.25) is 0 Å². The van der Waals surface area contributed by atoms with Gasteiger partial charge in [0.25, 0.3) is 15.9 Å². The van der Waals surface area contributed by atoms with E-state index in [9.17, 15) is 17.6 Å². The van der Waals surface area contributed by atoms with Gasteiger partial charge in [0.15, 0.2) is 0 Å². The number of thiophene rings is 1. The van der Waals surface area contributed by atoms with Gasteiger partial charge in [0, 0.05) is 12.7 Å². The second-order valence-electron chi connectivity index (χ2n) is 6.20. The normalized spacial score (nSPS) is 11.2. The van der Waals surface area contributed by atoms with Crippen molar-refractivity contribution in [3.8, 4) is 5.75 Å². The van der Waals surface area contributed by atoms with Crippen LogP contribution in [0.15, 0.2) is 58.8 Å². The molecule has 0 aliphatic rings. The number of nitrogens with one attached hydrogen (secondary N) is 1. The highest BCUT2D eigenvalue weighted by Crippen LogP contribution is 2.29. The fourth-order valence-electron chi connectivity index (χ4n) is 2.60. The summed E-state index contributed by atoms with van der Waals surface area (Å²) in [5, 5.41) is 4.08. The van der Waals surface area contributed by atoms with Crippen molar-refractivity contribution >= 4 is 38.6 Å². The Kier molecular flexibility index (Phi) is 5.90. The van der Waals surface area contributed by atoms with Crippen LogP contribution in [0.1, 0.15) is 15.2 Å². The van der Waals surface area contributed by atoms with Crippen LogP contribution in [-0.4, -0.2) is 28.5 Å². The Morgan fingerprint density at radius 3 is 2.45 bits per heavy atom. The van der Waals surface area contributed by atoms with Crippen molar-refractivity contribution in [1.82, 2.24) is 0 Å². The Balaban J connectivity index is 1.88. The van der Waals surface area contributed by atoms with Crippen LogP contribution in [0.3, 0.4) is 0 Å². The van der Waals surface area contributed by atoms with Gasteiger partial charge in [-0.15, -0.1) is 11.3 Å². The van der Waals surface area contributed by atoms with E-state index in [1.165, 1.54) is 37.7 Å². The fourth-order valence-corrected chi connectivity index (χ4v) is 5.09. The molecule has 6 nitrogen and oxygen atoms in total. The molecule has 1 heterocycles. The predicted molar refractivity (Wildman–Crippen MR) is 112 cm³/mol. The first-order chi connectivity index (χ1) is 13.7. The Labute approximate surface area is 172 Å². The van der Waals surface area contributed by atoms with Crippen LogP contribution in [0.25, 0.3) is 0 Å². The summed E-state index contributed by atoms with van der Waals surface area (Å²) < 4.78 is 46.1. The average Bonchev–Trinajstić information content (AvgIpc) is 3.21. The number of hydrogen-bond acceptors (Lipinski definition) is 5. The van der Waals surface area contributed by atoms with Gasteiger partial charge in [-0.1, -0.05) is 6.07 Å². The highest BCUT2D eigenvalue weighted by molar-refractivity contribution is 7.93. The van der Waals surface area contributed by atoms with E-state index < -0.39 is 21.7 Å². The number of hydrogen-bond donors (Lipinski definition) is 1. The minimum absolute atomic E-state index is 0.0198. The maximum absolute atomic E-state index is 13.7. The van der Waals surface area contributed by atoms with Crippen LogP contribution in [0.4, 0.5) is 15.8 Å². The minimum Gasteiger partial charge on any atom is -0.497 e. The van der Waals surface area contributed by atoms with Gasteiger partial charge in [0.1, 0.15) is 21.3 Å². The summed E-state index contributed by atoms with van der Waals surface area (Å²) in [6.07, 6.45) is 0. The van der Waals surface area contributed by atoms with Gasteiger partial charge in [-0.3, -0.25) is 9.10 Å². The number of amides is 1. The molecule has 0 unspecified atom stereocenters. The van der Waals surface area contributed by atoms with E-state index in [2.05, 4.69) is 5.32 Å². The molecule has 0 spiro atoms. The molecule has 0 aliphatic heterocycles. The molecule has 1 amide bonds. The molecule has 1 N–H and O–H groups in total. The molecule has 0 bridgehead atoms. The number of benzene rings is 2. The van der Waals surface area contributed by atoms with Crippen LogP contribution in [0, 0.1) is 12.7 Å². The summed E-state index contributed by atoms with van der Waals surface area (Å²) in [5.41, 5.74) is 1.12. The fraction of sp³-hybridized carbons (Fsp3) is 0.150. The molecule has 2 aromatic carbocycles. The van der Waals surface area contributed by atoms with Gasteiger partial charge < -0.3 is 10.1 Å². The molecule has 1 aromatic heterocycles. The van der Waals surface area contributed by atoms with E-state index in [0.29, 0.717) is 17.0 Å². The smallest absolute Gasteiger partial charge is 0.267 e.